The molecule has 23 heavy (non-hydrogen) atoms. The first-order chi connectivity index (χ1) is 11.2. The van der Waals surface area contributed by atoms with E-state index in [4.69, 9.17) is 4.42 Å². The SMILES string of the molecule is C[C@@H]1c2ncc(Cn3cncn3)n2CCN1C(=O)c1ccoc1. The van der Waals surface area contributed by atoms with Crippen molar-refractivity contribution in [3.8, 4) is 0 Å². The predicted molar refractivity (Wildman–Crippen MR) is 79.5 cm³/mol. The molecule has 1 amide bonds. The Bertz CT molecular complexity index is 805. The molecule has 0 bridgehead atoms. The molecule has 0 saturated carbocycles. The highest BCUT2D eigenvalue weighted by Gasteiger charge is 2.31. The molecule has 118 valence electrons. The molecule has 0 N–H and O–H groups in total. The molecule has 0 unspecified atom stereocenters. The van der Waals surface area contributed by atoms with E-state index in [9.17, 15) is 4.79 Å². The molecule has 4 rings (SSSR count). The van der Waals surface area contributed by atoms with E-state index >= 15 is 0 Å². The zero-order valence-corrected chi connectivity index (χ0v) is 12.7. The molecule has 3 aromatic heterocycles. The first-order valence-electron chi connectivity index (χ1n) is 7.44. The maximum absolute atomic E-state index is 12.6. The van der Waals surface area contributed by atoms with Gasteiger partial charge in [-0.2, -0.15) is 5.10 Å². The molecule has 4 heterocycles. The largest absolute Gasteiger partial charge is 0.472 e. The lowest BCUT2D eigenvalue weighted by Gasteiger charge is -2.34. The van der Waals surface area contributed by atoms with Crippen LogP contribution in [0.3, 0.4) is 0 Å². The van der Waals surface area contributed by atoms with Crippen molar-refractivity contribution < 1.29 is 9.21 Å². The topological polar surface area (TPSA) is 82.0 Å². The lowest BCUT2D eigenvalue weighted by Crippen LogP contribution is -2.41. The van der Waals surface area contributed by atoms with Gasteiger partial charge in [0.05, 0.1) is 36.3 Å². The van der Waals surface area contributed by atoms with Gasteiger partial charge in [0.2, 0.25) is 0 Å². The fourth-order valence-electron chi connectivity index (χ4n) is 3.00. The van der Waals surface area contributed by atoms with Gasteiger partial charge in [0.25, 0.3) is 5.91 Å². The molecule has 1 aliphatic rings. The van der Waals surface area contributed by atoms with Crippen LogP contribution in [-0.4, -0.2) is 41.7 Å². The fraction of sp³-hybridized carbons (Fsp3) is 0.333. The highest BCUT2D eigenvalue weighted by Crippen LogP contribution is 2.27. The number of carbonyl (C=O) groups excluding carboxylic acids is 1. The van der Waals surface area contributed by atoms with Crippen LogP contribution in [-0.2, 0) is 13.1 Å². The van der Waals surface area contributed by atoms with Gasteiger partial charge in [-0.3, -0.25) is 4.79 Å². The van der Waals surface area contributed by atoms with E-state index in [-0.39, 0.29) is 11.9 Å². The first-order valence-corrected chi connectivity index (χ1v) is 7.44. The third kappa shape index (κ3) is 2.32. The zero-order valence-electron chi connectivity index (χ0n) is 12.7. The smallest absolute Gasteiger partial charge is 0.257 e. The average Bonchev–Trinajstić information content (AvgIpc) is 3.30. The number of hydrogen-bond acceptors (Lipinski definition) is 5. The van der Waals surface area contributed by atoms with Crippen LogP contribution < -0.4 is 0 Å². The van der Waals surface area contributed by atoms with Crippen molar-refractivity contribution in [2.75, 3.05) is 6.54 Å². The summed E-state index contributed by atoms with van der Waals surface area (Å²) in [6.07, 6.45) is 8.03. The van der Waals surface area contributed by atoms with E-state index in [2.05, 4.69) is 19.6 Å². The van der Waals surface area contributed by atoms with Crippen molar-refractivity contribution in [1.82, 2.24) is 29.2 Å². The first kappa shape index (κ1) is 13.7. The van der Waals surface area contributed by atoms with E-state index in [1.54, 1.807) is 17.1 Å². The van der Waals surface area contributed by atoms with Gasteiger partial charge in [-0.1, -0.05) is 0 Å². The van der Waals surface area contributed by atoms with Gasteiger partial charge in [0, 0.05) is 13.1 Å². The molecule has 0 fully saturated rings. The fourth-order valence-corrected chi connectivity index (χ4v) is 3.00. The molecule has 0 aliphatic carbocycles. The number of hydrogen-bond donors (Lipinski definition) is 0. The van der Waals surface area contributed by atoms with Gasteiger partial charge in [-0.25, -0.2) is 14.6 Å². The molecule has 0 saturated heterocycles. The van der Waals surface area contributed by atoms with Crippen LogP contribution in [0.5, 0.6) is 0 Å². The Morgan fingerprint density at radius 3 is 3.09 bits per heavy atom. The predicted octanol–water partition coefficient (Wildman–Crippen LogP) is 1.33. The molecular weight excluding hydrogens is 296 g/mol. The summed E-state index contributed by atoms with van der Waals surface area (Å²) in [6.45, 7) is 3.97. The zero-order chi connectivity index (χ0) is 15.8. The number of fused-ring (bicyclic) bond motifs is 1. The monoisotopic (exact) mass is 312 g/mol. The van der Waals surface area contributed by atoms with Crippen LogP contribution in [0.25, 0.3) is 0 Å². The Balaban J connectivity index is 1.59. The number of rotatable bonds is 3. The Kier molecular flexibility index (Phi) is 3.22. The summed E-state index contributed by atoms with van der Waals surface area (Å²) in [4.78, 5) is 22.8. The van der Waals surface area contributed by atoms with E-state index < -0.39 is 0 Å². The lowest BCUT2D eigenvalue weighted by atomic mass is 10.1. The summed E-state index contributed by atoms with van der Waals surface area (Å²) in [5.74, 6) is 0.863. The summed E-state index contributed by atoms with van der Waals surface area (Å²) in [5, 5.41) is 4.13. The summed E-state index contributed by atoms with van der Waals surface area (Å²) in [6, 6.07) is 1.60. The summed E-state index contributed by atoms with van der Waals surface area (Å²) in [5.41, 5.74) is 1.63. The number of carbonyl (C=O) groups is 1. The maximum Gasteiger partial charge on any atom is 0.257 e. The third-order valence-corrected chi connectivity index (χ3v) is 4.19. The van der Waals surface area contributed by atoms with Crippen molar-refractivity contribution in [2.45, 2.75) is 26.1 Å². The molecule has 3 aromatic rings. The van der Waals surface area contributed by atoms with Crippen LogP contribution in [0.1, 0.15) is 34.8 Å². The minimum absolute atomic E-state index is 0.0293. The van der Waals surface area contributed by atoms with Gasteiger partial charge < -0.3 is 13.9 Å². The van der Waals surface area contributed by atoms with Crippen molar-refractivity contribution in [1.29, 1.82) is 0 Å². The number of nitrogens with zero attached hydrogens (tertiary/aromatic N) is 6. The van der Waals surface area contributed by atoms with E-state index in [0.717, 1.165) is 11.5 Å². The van der Waals surface area contributed by atoms with E-state index in [0.29, 0.717) is 25.2 Å². The summed E-state index contributed by atoms with van der Waals surface area (Å²) >= 11 is 0. The highest BCUT2D eigenvalue weighted by molar-refractivity contribution is 5.94. The standard InChI is InChI=1S/C15H16N6O2/c1-11-14-17-6-13(7-19-10-16-9-18-19)21(14)4-3-20(11)15(22)12-2-5-23-8-12/h2,5-6,8-11H,3-4,7H2,1H3/t11-/m1/s1. The van der Waals surface area contributed by atoms with Crippen LogP contribution in [0, 0.1) is 0 Å². The van der Waals surface area contributed by atoms with Gasteiger partial charge >= 0.3 is 0 Å². The minimum Gasteiger partial charge on any atom is -0.472 e. The lowest BCUT2D eigenvalue weighted by molar-refractivity contribution is 0.0635. The second-order valence-corrected chi connectivity index (χ2v) is 5.54. The van der Waals surface area contributed by atoms with Crippen molar-refractivity contribution >= 4 is 5.91 Å². The Morgan fingerprint density at radius 2 is 2.35 bits per heavy atom. The molecule has 1 atom stereocenters. The normalized spacial score (nSPS) is 17.3. The molecule has 0 aromatic carbocycles. The summed E-state index contributed by atoms with van der Waals surface area (Å²) in [7, 11) is 0. The second kappa shape index (κ2) is 5.38. The maximum atomic E-state index is 12.6. The van der Waals surface area contributed by atoms with E-state index in [1.807, 2.05) is 18.0 Å². The number of furan rings is 1. The van der Waals surface area contributed by atoms with E-state index in [1.165, 1.54) is 18.9 Å². The van der Waals surface area contributed by atoms with Crippen molar-refractivity contribution in [3.63, 3.8) is 0 Å². The third-order valence-electron chi connectivity index (χ3n) is 4.19. The summed E-state index contributed by atoms with van der Waals surface area (Å²) < 4.78 is 8.93. The Labute approximate surface area is 132 Å². The van der Waals surface area contributed by atoms with Gasteiger partial charge in [0.1, 0.15) is 24.7 Å². The average molecular weight is 312 g/mol. The molecule has 0 spiro atoms. The Morgan fingerprint density at radius 1 is 1.43 bits per heavy atom. The van der Waals surface area contributed by atoms with Crippen molar-refractivity contribution in [2.24, 2.45) is 0 Å². The van der Waals surface area contributed by atoms with Crippen LogP contribution >= 0.6 is 0 Å². The van der Waals surface area contributed by atoms with Gasteiger partial charge in [-0.15, -0.1) is 0 Å². The quantitative estimate of drug-likeness (QED) is 0.729. The number of aromatic nitrogens is 5. The minimum atomic E-state index is -0.0874. The molecule has 0 radical (unpaired) electrons. The van der Waals surface area contributed by atoms with Crippen LogP contribution in [0.15, 0.2) is 41.9 Å². The number of imidazole rings is 1. The molecular formula is C15H16N6O2. The molecule has 1 aliphatic heterocycles. The second-order valence-electron chi connectivity index (χ2n) is 5.54. The molecule has 8 heteroatoms. The Hall–Kier alpha value is -2.90. The van der Waals surface area contributed by atoms with Crippen molar-refractivity contribution in [3.05, 3.63) is 54.5 Å². The highest BCUT2D eigenvalue weighted by atomic mass is 16.3. The number of amides is 1. The molecule has 8 nitrogen and oxygen atoms in total. The van der Waals surface area contributed by atoms with Crippen LogP contribution in [0.2, 0.25) is 0 Å². The van der Waals surface area contributed by atoms with Crippen LogP contribution in [0.4, 0.5) is 0 Å². The van der Waals surface area contributed by atoms with Gasteiger partial charge in [0.15, 0.2) is 0 Å². The van der Waals surface area contributed by atoms with Gasteiger partial charge in [-0.05, 0) is 13.0 Å².